The Bertz CT molecular complexity index is 635. The van der Waals surface area contributed by atoms with E-state index in [4.69, 9.17) is 10.5 Å². The lowest BCUT2D eigenvalue weighted by Gasteiger charge is -2.25. The number of carbonyl (C=O) groups excluding carboxylic acids is 2. The summed E-state index contributed by atoms with van der Waals surface area (Å²) in [5.41, 5.74) is 6.39. The van der Waals surface area contributed by atoms with Crippen LogP contribution in [0.15, 0.2) is 30.3 Å². The van der Waals surface area contributed by atoms with E-state index < -0.39 is 18.2 Å². The van der Waals surface area contributed by atoms with E-state index in [1.807, 2.05) is 30.3 Å². The molecule has 1 heterocycles. The molecule has 2 atom stereocenters. The summed E-state index contributed by atoms with van der Waals surface area (Å²) in [6.07, 6.45) is 1.31. The molecule has 0 bridgehead atoms. The minimum Gasteiger partial charge on any atom is -0.445 e. The van der Waals surface area contributed by atoms with Crippen LogP contribution in [0.5, 0.6) is 0 Å². The second kappa shape index (κ2) is 10.7. The van der Waals surface area contributed by atoms with Crippen molar-refractivity contribution in [3.05, 3.63) is 35.9 Å². The molecule has 1 saturated heterocycles. The Morgan fingerprint density at radius 2 is 2.15 bits per heavy atom. The molecule has 0 unspecified atom stereocenters. The van der Waals surface area contributed by atoms with E-state index in [0.29, 0.717) is 31.0 Å². The number of nitrogens with zero attached hydrogens (tertiary/aromatic N) is 2. The molecule has 2 amide bonds. The lowest BCUT2D eigenvalue weighted by Crippen LogP contribution is -2.50. The molecule has 8 heteroatoms. The van der Waals surface area contributed by atoms with Gasteiger partial charge in [-0.2, -0.15) is 5.26 Å². The monoisotopic (exact) mass is 376 g/mol. The van der Waals surface area contributed by atoms with E-state index in [2.05, 4.69) is 11.4 Å². The number of nitriles is 1. The second-order valence-electron chi connectivity index (χ2n) is 6.00. The number of hydrogen-bond acceptors (Lipinski definition) is 6. The SMILES string of the molecule is N#C[C@@H]1CSCN1C(=O)[C@H](CCCCN)NC(=O)OCc1ccccc1. The normalized spacial score (nSPS) is 17.4. The first-order chi connectivity index (χ1) is 12.7. The van der Waals surface area contributed by atoms with Gasteiger partial charge in [-0.1, -0.05) is 30.3 Å². The van der Waals surface area contributed by atoms with Gasteiger partial charge in [-0.3, -0.25) is 4.79 Å². The number of benzene rings is 1. The third-order valence-corrected chi connectivity index (χ3v) is 5.08. The van der Waals surface area contributed by atoms with Crippen LogP contribution >= 0.6 is 11.8 Å². The molecule has 1 aliphatic rings. The van der Waals surface area contributed by atoms with Crippen molar-refractivity contribution in [1.82, 2.24) is 10.2 Å². The number of unbranched alkanes of at least 4 members (excludes halogenated alkanes) is 1. The Labute approximate surface area is 157 Å². The summed E-state index contributed by atoms with van der Waals surface area (Å²) < 4.78 is 5.22. The predicted octanol–water partition coefficient (Wildman–Crippen LogP) is 1.84. The van der Waals surface area contributed by atoms with E-state index in [-0.39, 0.29) is 12.5 Å². The van der Waals surface area contributed by atoms with Crippen LogP contribution in [-0.2, 0) is 16.1 Å². The van der Waals surface area contributed by atoms with Gasteiger partial charge in [0, 0.05) is 5.75 Å². The Balaban J connectivity index is 1.93. The fraction of sp³-hybridized carbons (Fsp3) is 0.500. The van der Waals surface area contributed by atoms with Crippen LogP contribution in [0, 0.1) is 11.3 Å². The number of carbonyl (C=O) groups is 2. The van der Waals surface area contributed by atoms with Gasteiger partial charge >= 0.3 is 6.09 Å². The quantitative estimate of drug-likeness (QED) is 0.670. The molecular formula is C18H24N4O3S. The van der Waals surface area contributed by atoms with Crippen LogP contribution < -0.4 is 11.1 Å². The van der Waals surface area contributed by atoms with Gasteiger partial charge in [0.05, 0.1) is 11.9 Å². The van der Waals surface area contributed by atoms with Gasteiger partial charge in [0.25, 0.3) is 0 Å². The predicted molar refractivity (Wildman–Crippen MR) is 100 cm³/mol. The molecule has 0 saturated carbocycles. The summed E-state index contributed by atoms with van der Waals surface area (Å²) in [4.78, 5) is 26.4. The highest BCUT2D eigenvalue weighted by Crippen LogP contribution is 2.22. The Kier molecular flexibility index (Phi) is 8.25. The summed E-state index contributed by atoms with van der Waals surface area (Å²) >= 11 is 1.53. The molecule has 1 aromatic carbocycles. The zero-order valence-corrected chi connectivity index (χ0v) is 15.4. The first-order valence-electron chi connectivity index (χ1n) is 8.61. The molecule has 1 aromatic rings. The van der Waals surface area contributed by atoms with Gasteiger partial charge < -0.3 is 20.7 Å². The third-order valence-electron chi connectivity index (χ3n) is 4.06. The smallest absolute Gasteiger partial charge is 0.408 e. The van der Waals surface area contributed by atoms with Crippen LogP contribution in [0.1, 0.15) is 24.8 Å². The summed E-state index contributed by atoms with van der Waals surface area (Å²) in [6.45, 7) is 0.663. The average Bonchev–Trinajstić information content (AvgIpc) is 3.15. The minimum absolute atomic E-state index is 0.136. The fourth-order valence-corrected chi connectivity index (χ4v) is 3.71. The summed E-state index contributed by atoms with van der Waals surface area (Å²) in [6, 6.07) is 10.3. The highest BCUT2D eigenvalue weighted by Gasteiger charge is 2.34. The van der Waals surface area contributed by atoms with Crippen LogP contribution in [-0.4, -0.2) is 47.2 Å². The summed E-state index contributed by atoms with van der Waals surface area (Å²) in [5.74, 6) is 0.816. The maximum atomic E-state index is 12.8. The summed E-state index contributed by atoms with van der Waals surface area (Å²) in [7, 11) is 0. The molecule has 7 nitrogen and oxygen atoms in total. The molecule has 0 radical (unpaired) electrons. The van der Waals surface area contributed by atoms with Crippen LogP contribution in [0.3, 0.4) is 0 Å². The van der Waals surface area contributed by atoms with E-state index >= 15 is 0 Å². The summed E-state index contributed by atoms with van der Waals surface area (Å²) in [5, 5.41) is 11.8. The number of nitrogens with two attached hydrogens (primary N) is 1. The molecule has 0 aliphatic carbocycles. The first-order valence-corrected chi connectivity index (χ1v) is 9.76. The van der Waals surface area contributed by atoms with Crippen molar-refractivity contribution in [3.63, 3.8) is 0 Å². The zero-order valence-electron chi connectivity index (χ0n) is 14.6. The fourth-order valence-electron chi connectivity index (χ4n) is 2.62. The first kappa shape index (κ1) is 20.1. The standard InChI is InChI=1S/C18H24N4O3S/c19-9-5-4-8-16(17(23)22-13-26-12-15(22)10-20)21-18(24)25-11-14-6-2-1-3-7-14/h1-3,6-7,15-16H,4-5,8-9,11-13,19H2,(H,21,24)/t15-,16+/m1/s1. The lowest BCUT2D eigenvalue weighted by molar-refractivity contribution is -0.133. The molecule has 3 N–H and O–H groups in total. The maximum absolute atomic E-state index is 12.8. The number of thioether (sulfide) groups is 1. The number of amides is 2. The minimum atomic E-state index is -0.709. The maximum Gasteiger partial charge on any atom is 0.408 e. The second-order valence-corrected chi connectivity index (χ2v) is 7.00. The van der Waals surface area contributed by atoms with Crippen molar-refractivity contribution in [3.8, 4) is 6.07 Å². The zero-order chi connectivity index (χ0) is 18.8. The van der Waals surface area contributed by atoms with Crippen molar-refractivity contribution in [1.29, 1.82) is 5.26 Å². The van der Waals surface area contributed by atoms with Crippen molar-refractivity contribution in [2.24, 2.45) is 5.73 Å². The van der Waals surface area contributed by atoms with E-state index in [9.17, 15) is 14.9 Å². The van der Waals surface area contributed by atoms with E-state index in [1.54, 1.807) is 0 Å². The molecule has 0 spiro atoms. The van der Waals surface area contributed by atoms with Gasteiger partial charge in [0.2, 0.25) is 5.91 Å². The van der Waals surface area contributed by atoms with Gasteiger partial charge in [-0.05, 0) is 31.4 Å². The number of rotatable bonds is 8. The molecule has 1 fully saturated rings. The Morgan fingerprint density at radius 1 is 1.38 bits per heavy atom. The molecule has 0 aromatic heterocycles. The molecule has 2 rings (SSSR count). The van der Waals surface area contributed by atoms with Crippen molar-refractivity contribution in [2.45, 2.75) is 38.0 Å². The van der Waals surface area contributed by atoms with Crippen LogP contribution in [0.25, 0.3) is 0 Å². The number of hydrogen-bond donors (Lipinski definition) is 2. The molecular weight excluding hydrogens is 352 g/mol. The number of nitrogens with one attached hydrogen (secondary N) is 1. The van der Waals surface area contributed by atoms with Crippen molar-refractivity contribution < 1.29 is 14.3 Å². The number of alkyl carbamates (subject to hydrolysis) is 1. The highest BCUT2D eigenvalue weighted by atomic mass is 32.2. The van der Waals surface area contributed by atoms with Gasteiger partial charge in [0.15, 0.2) is 0 Å². The van der Waals surface area contributed by atoms with Crippen LogP contribution in [0.2, 0.25) is 0 Å². The Morgan fingerprint density at radius 3 is 2.85 bits per heavy atom. The molecule has 1 aliphatic heterocycles. The Hall–Kier alpha value is -2.24. The van der Waals surface area contributed by atoms with E-state index in [1.165, 1.54) is 16.7 Å². The van der Waals surface area contributed by atoms with Crippen molar-refractivity contribution >= 4 is 23.8 Å². The largest absolute Gasteiger partial charge is 0.445 e. The average molecular weight is 376 g/mol. The van der Waals surface area contributed by atoms with E-state index in [0.717, 1.165) is 12.0 Å². The highest BCUT2D eigenvalue weighted by molar-refractivity contribution is 7.99. The lowest BCUT2D eigenvalue weighted by atomic mass is 10.1. The molecule has 26 heavy (non-hydrogen) atoms. The van der Waals surface area contributed by atoms with Gasteiger partial charge in [-0.15, -0.1) is 11.8 Å². The topological polar surface area (TPSA) is 108 Å². The third kappa shape index (κ3) is 5.93. The van der Waals surface area contributed by atoms with Crippen molar-refractivity contribution in [2.75, 3.05) is 18.2 Å². The molecule has 140 valence electrons. The van der Waals surface area contributed by atoms with Gasteiger partial charge in [0.1, 0.15) is 18.7 Å². The van der Waals surface area contributed by atoms with Gasteiger partial charge in [-0.25, -0.2) is 4.79 Å². The van der Waals surface area contributed by atoms with Crippen LogP contribution in [0.4, 0.5) is 4.79 Å². The number of ether oxygens (including phenoxy) is 1.